The van der Waals surface area contributed by atoms with Crippen molar-refractivity contribution in [1.82, 2.24) is 0 Å². The van der Waals surface area contributed by atoms with Crippen LogP contribution in [0.25, 0.3) is 0 Å². The fourth-order valence-electron chi connectivity index (χ4n) is 1.58. The minimum Gasteiger partial charge on any atom is -0.478 e. The van der Waals surface area contributed by atoms with Crippen LogP contribution in [0.15, 0.2) is 29.3 Å². The average Bonchev–Trinajstić information content (AvgIpc) is 2.59. The largest absolute Gasteiger partial charge is 0.478 e. The molecule has 1 aromatic rings. The summed E-state index contributed by atoms with van der Waals surface area (Å²) in [6.45, 7) is 4.38. The number of nitrogens with zero attached hydrogens (tertiary/aromatic N) is 1. The van der Waals surface area contributed by atoms with Gasteiger partial charge in [-0.2, -0.15) is 0 Å². The highest BCUT2D eigenvalue weighted by Gasteiger charge is 2.28. The molecule has 1 aliphatic heterocycles. The molecule has 1 N–H and O–H groups in total. The van der Waals surface area contributed by atoms with Crippen molar-refractivity contribution in [2.24, 2.45) is 4.99 Å². The zero-order valence-electron chi connectivity index (χ0n) is 9.23. The molecule has 0 atom stereocenters. The second-order valence-electron chi connectivity index (χ2n) is 4.37. The molecule has 0 spiro atoms. The topological polar surface area (TPSA) is 58.9 Å². The summed E-state index contributed by atoms with van der Waals surface area (Å²) in [5.41, 5.74) is 0.487. The predicted octanol–water partition coefficient (Wildman–Crippen LogP) is 1.94. The van der Waals surface area contributed by atoms with Crippen LogP contribution in [0.2, 0.25) is 0 Å². The van der Waals surface area contributed by atoms with E-state index in [1.807, 2.05) is 13.8 Å². The van der Waals surface area contributed by atoms with E-state index in [-0.39, 0.29) is 11.1 Å². The lowest BCUT2D eigenvalue weighted by molar-refractivity contribution is 0.0696. The predicted molar refractivity (Wildman–Crippen MR) is 60.0 cm³/mol. The van der Waals surface area contributed by atoms with E-state index in [9.17, 15) is 4.79 Å². The van der Waals surface area contributed by atoms with Crippen LogP contribution in [0.5, 0.6) is 0 Å². The van der Waals surface area contributed by atoms with Gasteiger partial charge in [-0.25, -0.2) is 9.79 Å². The number of carboxylic acids is 1. The van der Waals surface area contributed by atoms with E-state index in [0.29, 0.717) is 18.1 Å². The van der Waals surface area contributed by atoms with Gasteiger partial charge in [0.05, 0.1) is 16.7 Å². The van der Waals surface area contributed by atoms with E-state index in [2.05, 4.69) is 4.99 Å². The molecule has 0 amide bonds. The van der Waals surface area contributed by atoms with Gasteiger partial charge in [-0.3, -0.25) is 0 Å². The molecule has 0 aliphatic carbocycles. The van der Waals surface area contributed by atoms with Crippen molar-refractivity contribution in [3.63, 3.8) is 0 Å². The van der Waals surface area contributed by atoms with E-state index < -0.39 is 5.97 Å². The second-order valence-corrected chi connectivity index (χ2v) is 4.37. The first-order valence-corrected chi connectivity index (χ1v) is 5.05. The Bertz CT molecular complexity index is 463. The smallest absolute Gasteiger partial charge is 0.336 e. The third-order valence-corrected chi connectivity index (χ3v) is 2.35. The van der Waals surface area contributed by atoms with E-state index in [1.54, 1.807) is 24.3 Å². The first kappa shape index (κ1) is 10.7. The summed E-state index contributed by atoms with van der Waals surface area (Å²) >= 11 is 0. The first-order chi connectivity index (χ1) is 7.49. The number of carboxylic acid groups (broad SMARTS) is 1. The van der Waals surface area contributed by atoms with Gasteiger partial charge in [0.2, 0.25) is 5.90 Å². The number of ether oxygens (including phenoxy) is 1. The molecule has 1 aromatic carbocycles. The summed E-state index contributed by atoms with van der Waals surface area (Å²) in [6.07, 6.45) is 0. The summed E-state index contributed by atoms with van der Waals surface area (Å²) in [6, 6.07) is 6.73. The maximum absolute atomic E-state index is 11.0. The summed E-state index contributed by atoms with van der Waals surface area (Å²) in [4.78, 5) is 15.4. The molecule has 0 saturated carbocycles. The number of rotatable bonds is 2. The van der Waals surface area contributed by atoms with Gasteiger partial charge in [-0.15, -0.1) is 0 Å². The van der Waals surface area contributed by atoms with Crippen LogP contribution in [0.1, 0.15) is 29.8 Å². The van der Waals surface area contributed by atoms with Crippen molar-refractivity contribution in [3.8, 4) is 0 Å². The average molecular weight is 219 g/mol. The van der Waals surface area contributed by atoms with Crippen LogP contribution < -0.4 is 0 Å². The summed E-state index contributed by atoms with van der Waals surface area (Å²) in [5.74, 6) is -0.547. The molecule has 2 rings (SSSR count). The Morgan fingerprint density at radius 2 is 2.12 bits per heavy atom. The molecule has 0 aromatic heterocycles. The Morgan fingerprint density at radius 1 is 1.44 bits per heavy atom. The van der Waals surface area contributed by atoms with Gasteiger partial charge in [0.15, 0.2) is 0 Å². The number of carbonyl (C=O) groups is 1. The normalized spacial score (nSPS) is 17.8. The highest BCUT2D eigenvalue weighted by atomic mass is 16.5. The van der Waals surface area contributed by atoms with Crippen LogP contribution in [0, 0.1) is 0 Å². The maximum atomic E-state index is 11.0. The Balaban J connectivity index is 2.46. The number of aliphatic imine (C=N–C) groups is 1. The van der Waals surface area contributed by atoms with Crippen molar-refractivity contribution in [2.75, 3.05) is 6.61 Å². The molecule has 1 heterocycles. The lowest BCUT2D eigenvalue weighted by Gasteiger charge is -2.07. The van der Waals surface area contributed by atoms with Crippen molar-refractivity contribution in [1.29, 1.82) is 0 Å². The minimum atomic E-state index is -0.966. The van der Waals surface area contributed by atoms with E-state index in [4.69, 9.17) is 9.84 Å². The Morgan fingerprint density at radius 3 is 2.69 bits per heavy atom. The molecule has 16 heavy (non-hydrogen) atoms. The zero-order valence-corrected chi connectivity index (χ0v) is 9.23. The van der Waals surface area contributed by atoms with E-state index in [1.165, 1.54) is 0 Å². The summed E-state index contributed by atoms with van der Waals surface area (Å²) in [5, 5.41) is 9.05. The lowest BCUT2D eigenvalue weighted by Crippen LogP contribution is -2.17. The zero-order chi connectivity index (χ0) is 11.8. The lowest BCUT2D eigenvalue weighted by atomic mass is 10.1. The second kappa shape index (κ2) is 3.63. The van der Waals surface area contributed by atoms with Gasteiger partial charge < -0.3 is 9.84 Å². The Hall–Kier alpha value is -1.84. The van der Waals surface area contributed by atoms with Crippen LogP contribution in [-0.2, 0) is 4.74 Å². The molecule has 0 bridgehead atoms. The van der Waals surface area contributed by atoms with Gasteiger partial charge in [0, 0.05) is 0 Å². The van der Waals surface area contributed by atoms with Gasteiger partial charge in [-0.1, -0.05) is 12.1 Å². The van der Waals surface area contributed by atoms with E-state index in [0.717, 1.165) is 0 Å². The Kier molecular flexibility index (Phi) is 2.42. The summed E-state index contributed by atoms with van der Waals surface area (Å²) in [7, 11) is 0. The fraction of sp³-hybridized carbons (Fsp3) is 0.333. The third kappa shape index (κ3) is 1.91. The van der Waals surface area contributed by atoms with Crippen LogP contribution in [0.4, 0.5) is 0 Å². The molecule has 4 nitrogen and oxygen atoms in total. The molecule has 0 radical (unpaired) electrons. The highest BCUT2D eigenvalue weighted by molar-refractivity contribution is 6.05. The van der Waals surface area contributed by atoms with Gasteiger partial charge >= 0.3 is 5.97 Å². The number of benzene rings is 1. The summed E-state index contributed by atoms with van der Waals surface area (Å²) < 4.78 is 5.43. The quantitative estimate of drug-likeness (QED) is 0.826. The van der Waals surface area contributed by atoms with Gasteiger partial charge in [0.1, 0.15) is 6.61 Å². The molecular formula is C12H13NO3. The van der Waals surface area contributed by atoms with Crippen LogP contribution in [0.3, 0.4) is 0 Å². The van der Waals surface area contributed by atoms with Crippen molar-refractivity contribution < 1.29 is 14.6 Å². The number of hydrogen-bond donors (Lipinski definition) is 1. The Labute approximate surface area is 93.6 Å². The van der Waals surface area contributed by atoms with Crippen LogP contribution >= 0.6 is 0 Å². The monoisotopic (exact) mass is 219 g/mol. The molecule has 0 saturated heterocycles. The molecule has 0 unspecified atom stereocenters. The minimum absolute atomic E-state index is 0.221. The third-order valence-electron chi connectivity index (χ3n) is 2.35. The molecule has 4 heteroatoms. The SMILES string of the molecule is CC1(C)COC(c2ccccc2C(=O)O)=N1. The number of hydrogen-bond acceptors (Lipinski definition) is 3. The molecule has 0 fully saturated rings. The first-order valence-electron chi connectivity index (χ1n) is 5.05. The maximum Gasteiger partial charge on any atom is 0.336 e. The van der Waals surface area contributed by atoms with Gasteiger partial charge in [-0.05, 0) is 26.0 Å². The molecule has 1 aliphatic rings. The highest BCUT2D eigenvalue weighted by Crippen LogP contribution is 2.22. The standard InChI is InChI=1S/C12H13NO3/c1-12(2)7-16-10(13-12)8-5-3-4-6-9(8)11(14)15/h3-6H,7H2,1-2H3,(H,14,15). The van der Waals surface area contributed by atoms with Crippen molar-refractivity contribution in [2.45, 2.75) is 19.4 Å². The fourth-order valence-corrected chi connectivity index (χ4v) is 1.58. The van der Waals surface area contributed by atoms with Gasteiger partial charge in [0.25, 0.3) is 0 Å². The molecule has 84 valence electrons. The van der Waals surface area contributed by atoms with Crippen molar-refractivity contribution >= 4 is 11.9 Å². The van der Waals surface area contributed by atoms with Crippen molar-refractivity contribution in [3.05, 3.63) is 35.4 Å². The molecular weight excluding hydrogens is 206 g/mol. The number of aromatic carboxylic acids is 1. The van der Waals surface area contributed by atoms with Crippen LogP contribution in [-0.4, -0.2) is 29.1 Å². The van der Waals surface area contributed by atoms with E-state index >= 15 is 0 Å².